The normalized spacial score (nSPS) is 20.5. The molecule has 3 rings (SSSR count). The molecule has 7 heteroatoms. The number of benzene rings is 1. The molecule has 0 aromatic heterocycles. The number of rotatable bonds is 3. The Morgan fingerprint density at radius 3 is 2.59 bits per heavy atom. The molecule has 0 fully saturated rings. The molecule has 2 atom stereocenters. The first-order chi connectivity index (χ1) is 10.5. The van der Waals surface area contributed by atoms with Crippen molar-refractivity contribution in [2.24, 2.45) is 5.92 Å². The second kappa shape index (κ2) is 5.72. The molecule has 118 valence electrons. The van der Waals surface area contributed by atoms with Crippen LogP contribution in [0.3, 0.4) is 0 Å². The van der Waals surface area contributed by atoms with Crippen molar-refractivity contribution in [3.05, 3.63) is 23.3 Å². The van der Waals surface area contributed by atoms with Crippen LogP contribution in [0, 0.1) is 5.92 Å². The number of hydrogen-bond donors (Lipinski definition) is 2. The predicted octanol–water partition coefficient (Wildman–Crippen LogP) is 1.32. The van der Waals surface area contributed by atoms with Gasteiger partial charge in [0.1, 0.15) is 6.04 Å². The molecule has 1 amide bonds. The third-order valence-electron chi connectivity index (χ3n) is 4.09. The van der Waals surface area contributed by atoms with Crippen molar-refractivity contribution in [2.75, 3.05) is 12.5 Å². The van der Waals surface area contributed by atoms with E-state index < -0.39 is 12.0 Å². The smallest absolute Gasteiger partial charge is 0.326 e. The van der Waals surface area contributed by atoms with Gasteiger partial charge in [0.2, 0.25) is 12.7 Å². The molecule has 0 radical (unpaired) electrons. The van der Waals surface area contributed by atoms with E-state index >= 15 is 0 Å². The van der Waals surface area contributed by atoms with E-state index in [2.05, 4.69) is 12.6 Å². The van der Waals surface area contributed by atoms with Crippen molar-refractivity contribution >= 4 is 24.5 Å². The number of fused-ring (bicyclic) bond motifs is 2. The van der Waals surface area contributed by atoms with E-state index in [0.717, 1.165) is 11.1 Å². The summed E-state index contributed by atoms with van der Waals surface area (Å²) in [5, 5.41) is 9.46. The zero-order valence-electron chi connectivity index (χ0n) is 12.1. The molecule has 1 N–H and O–H groups in total. The highest BCUT2D eigenvalue weighted by atomic mass is 32.1. The number of amides is 1. The lowest BCUT2D eigenvalue weighted by molar-refractivity contribution is -0.152. The molecule has 22 heavy (non-hydrogen) atoms. The summed E-state index contributed by atoms with van der Waals surface area (Å²) in [5.41, 5.74) is 1.79. The van der Waals surface area contributed by atoms with E-state index in [1.165, 1.54) is 4.90 Å². The van der Waals surface area contributed by atoms with E-state index in [0.29, 0.717) is 17.3 Å². The third kappa shape index (κ3) is 2.49. The van der Waals surface area contributed by atoms with Gasteiger partial charge in [0, 0.05) is 24.6 Å². The van der Waals surface area contributed by atoms with Crippen LogP contribution in [0.25, 0.3) is 0 Å². The SMILES string of the molecule is CC(CS)C(=O)N1Cc2cc3c(cc2C[C@H]1C(=O)O)OCO3. The van der Waals surface area contributed by atoms with Gasteiger partial charge in [0.15, 0.2) is 11.5 Å². The van der Waals surface area contributed by atoms with Gasteiger partial charge in [-0.3, -0.25) is 4.79 Å². The van der Waals surface area contributed by atoms with Crippen LogP contribution in [-0.4, -0.2) is 40.5 Å². The van der Waals surface area contributed by atoms with Gasteiger partial charge in [0.25, 0.3) is 0 Å². The van der Waals surface area contributed by atoms with Crippen molar-refractivity contribution < 1.29 is 24.2 Å². The molecule has 0 saturated heterocycles. The van der Waals surface area contributed by atoms with Crippen LogP contribution in [0.1, 0.15) is 18.1 Å². The fourth-order valence-electron chi connectivity index (χ4n) is 2.79. The molecule has 0 bridgehead atoms. The minimum Gasteiger partial charge on any atom is -0.480 e. The first-order valence-electron chi connectivity index (χ1n) is 7.06. The zero-order valence-corrected chi connectivity index (χ0v) is 13.0. The summed E-state index contributed by atoms with van der Waals surface area (Å²) in [6.45, 7) is 2.18. The fraction of sp³-hybridized carbons (Fsp3) is 0.467. The number of carbonyl (C=O) groups is 2. The van der Waals surface area contributed by atoms with Crippen molar-refractivity contribution in [3.63, 3.8) is 0 Å². The summed E-state index contributed by atoms with van der Waals surface area (Å²) in [6.07, 6.45) is 0.270. The molecule has 0 saturated carbocycles. The van der Waals surface area contributed by atoms with Gasteiger partial charge in [-0.15, -0.1) is 0 Å². The van der Waals surface area contributed by atoms with Crippen molar-refractivity contribution in [3.8, 4) is 11.5 Å². The van der Waals surface area contributed by atoms with Crippen LogP contribution in [-0.2, 0) is 22.6 Å². The van der Waals surface area contributed by atoms with Gasteiger partial charge < -0.3 is 19.5 Å². The first kappa shape index (κ1) is 15.0. The second-order valence-electron chi connectivity index (χ2n) is 5.58. The highest BCUT2D eigenvalue weighted by Gasteiger charge is 2.37. The van der Waals surface area contributed by atoms with Gasteiger partial charge in [-0.2, -0.15) is 12.6 Å². The minimum absolute atomic E-state index is 0.167. The van der Waals surface area contributed by atoms with Crippen LogP contribution in [0.2, 0.25) is 0 Å². The van der Waals surface area contributed by atoms with E-state index in [1.54, 1.807) is 6.92 Å². The molecule has 1 aromatic carbocycles. The number of carboxylic acids is 1. The lowest BCUT2D eigenvalue weighted by atomic mass is 9.92. The van der Waals surface area contributed by atoms with Crippen LogP contribution >= 0.6 is 12.6 Å². The largest absolute Gasteiger partial charge is 0.480 e. The second-order valence-corrected chi connectivity index (χ2v) is 5.95. The number of hydrogen-bond acceptors (Lipinski definition) is 5. The van der Waals surface area contributed by atoms with Crippen LogP contribution in [0.5, 0.6) is 11.5 Å². The average molecular weight is 323 g/mol. The maximum absolute atomic E-state index is 12.4. The lowest BCUT2D eigenvalue weighted by Gasteiger charge is -2.36. The van der Waals surface area contributed by atoms with E-state index in [9.17, 15) is 14.7 Å². The first-order valence-corrected chi connectivity index (χ1v) is 7.70. The maximum atomic E-state index is 12.4. The number of carbonyl (C=O) groups excluding carboxylic acids is 1. The Morgan fingerprint density at radius 2 is 2.00 bits per heavy atom. The molecule has 1 aromatic rings. The number of nitrogens with zero attached hydrogens (tertiary/aromatic N) is 1. The number of ether oxygens (including phenoxy) is 2. The van der Waals surface area contributed by atoms with Crippen molar-refractivity contribution in [1.82, 2.24) is 4.90 Å². The molecule has 2 aliphatic rings. The molecule has 1 unspecified atom stereocenters. The predicted molar refractivity (Wildman–Crippen MR) is 81.3 cm³/mol. The summed E-state index contributed by atoms with van der Waals surface area (Å²) < 4.78 is 10.7. The van der Waals surface area contributed by atoms with E-state index in [-0.39, 0.29) is 31.6 Å². The molecule has 6 nitrogen and oxygen atoms in total. The number of thiol groups is 1. The van der Waals surface area contributed by atoms with E-state index in [4.69, 9.17) is 9.47 Å². The molecule has 2 heterocycles. The highest BCUT2D eigenvalue weighted by molar-refractivity contribution is 7.80. The van der Waals surface area contributed by atoms with Gasteiger partial charge in [-0.1, -0.05) is 6.92 Å². The van der Waals surface area contributed by atoms with Gasteiger partial charge in [-0.25, -0.2) is 4.79 Å². The van der Waals surface area contributed by atoms with Crippen LogP contribution in [0.15, 0.2) is 12.1 Å². The third-order valence-corrected chi connectivity index (χ3v) is 4.64. The van der Waals surface area contributed by atoms with Gasteiger partial charge >= 0.3 is 5.97 Å². The quantitative estimate of drug-likeness (QED) is 0.821. The van der Waals surface area contributed by atoms with Crippen LogP contribution in [0.4, 0.5) is 0 Å². The lowest BCUT2D eigenvalue weighted by Crippen LogP contribution is -2.50. The monoisotopic (exact) mass is 323 g/mol. The van der Waals surface area contributed by atoms with Gasteiger partial charge in [-0.05, 0) is 23.3 Å². The topological polar surface area (TPSA) is 76.1 Å². The number of carboxylic acid groups (broad SMARTS) is 1. The summed E-state index contributed by atoms with van der Waals surface area (Å²) in [6, 6.07) is 2.79. The summed E-state index contributed by atoms with van der Waals surface area (Å²) in [7, 11) is 0. The Labute approximate surface area is 133 Å². The van der Waals surface area contributed by atoms with Gasteiger partial charge in [0.05, 0.1) is 0 Å². The Hall–Kier alpha value is -1.89. The van der Waals surface area contributed by atoms with E-state index in [1.807, 2.05) is 12.1 Å². The molecular formula is C15H17NO5S. The average Bonchev–Trinajstić information content (AvgIpc) is 2.96. The highest BCUT2D eigenvalue weighted by Crippen LogP contribution is 2.38. The number of aliphatic carboxylic acids is 1. The Balaban J connectivity index is 1.95. The Morgan fingerprint density at radius 1 is 1.36 bits per heavy atom. The standard InChI is InChI=1S/C15H17NO5S/c1-8(6-22)14(17)16-5-10-4-13-12(20-7-21-13)3-9(10)2-11(16)15(18)19/h3-4,8,11,22H,2,5-7H2,1H3,(H,18,19)/t8?,11-/m0/s1. The maximum Gasteiger partial charge on any atom is 0.326 e. The van der Waals surface area contributed by atoms with Crippen molar-refractivity contribution in [1.29, 1.82) is 0 Å². The minimum atomic E-state index is -0.997. The molecular weight excluding hydrogens is 306 g/mol. The summed E-state index contributed by atoms with van der Waals surface area (Å²) >= 11 is 4.13. The summed E-state index contributed by atoms with van der Waals surface area (Å²) in [4.78, 5) is 25.4. The molecule has 0 aliphatic carbocycles. The Kier molecular flexibility index (Phi) is 3.90. The van der Waals surface area contributed by atoms with Crippen LogP contribution < -0.4 is 9.47 Å². The summed E-state index contributed by atoms with van der Waals surface area (Å²) in [5.74, 6) is 0.151. The Bertz CT molecular complexity index is 633. The fourth-order valence-corrected chi connectivity index (χ4v) is 2.95. The molecule has 2 aliphatic heterocycles. The van der Waals surface area contributed by atoms with Crippen molar-refractivity contribution in [2.45, 2.75) is 25.9 Å². The zero-order chi connectivity index (χ0) is 15.9. The molecule has 0 spiro atoms.